The maximum absolute atomic E-state index is 11.7. The van der Waals surface area contributed by atoms with E-state index in [2.05, 4.69) is 30.1 Å². The highest BCUT2D eigenvalue weighted by Crippen LogP contribution is 2.17. The summed E-state index contributed by atoms with van der Waals surface area (Å²) in [5, 5.41) is 3.37. The van der Waals surface area contributed by atoms with E-state index in [4.69, 9.17) is 0 Å². The van der Waals surface area contributed by atoms with Crippen LogP contribution in [0.5, 0.6) is 0 Å². The Kier molecular flexibility index (Phi) is 5.08. The maximum atomic E-state index is 11.7. The molecule has 4 heteroatoms. The minimum absolute atomic E-state index is 0.274. The number of rotatable bonds is 6. The van der Waals surface area contributed by atoms with E-state index in [9.17, 15) is 4.79 Å². The Morgan fingerprint density at radius 3 is 2.78 bits per heavy atom. The highest BCUT2D eigenvalue weighted by Gasteiger charge is 2.27. The minimum Gasteiger partial charge on any atom is -0.341 e. The Morgan fingerprint density at radius 2 is 2.11 bits per heavy atom. The first-order valence-electron chi connectivity index (χ1n) is 6.43. The van der Waals surface area contributed by atoms with Crippen molar-refractivity contribution >= 4 is 18.5 Å². The van der Waals surface area contributed by atoms with Gasteiger partial charge in [0.2, 0.25) is 5.91 Å². The van der Waals surface area contributed by atoms with Crippen molar-refractivity contribution in [3.63, 3.8) is 0 Å². The van der Waals surface area contributed by atoms with Gasteiger partial charge >= 0.3 is 0 Å². The lowest BCUT2D eigenvalue weighted by Crippen LogP contribution is -2.33. The fourth-order valence-electron chi connectivity index (χ4n) is 2.23. The molecule has 1 unspecified atom stereocenters. The van der Waals surface area contributed by atoms with E-state index in [0.717, 1.165) is 31.9 Å². The first kappa shape index (κ1) is 13.4. The summed E-state index contributed by atoms with van der Waals surface area (Å²) in [7, 11) is 0. The lowest BCUT2D eigenvalue weighted by Gasteiger charge is -2.16. The van der Waals surface area contributed by atoms with Gasteiger partial charge in [-0.2, -0.15) is 12.6 Å². The van der Waals surface area contributed by atoms with Crippen LogP contribution in [0.3, 0.4) is 0 Å². The molecule has 1 aromatic rings. The van der Waals surface area contributed by atoms with Crippen LogP contribution in [0.15, 0.2) is 30.3 Å². The average Bonchev–Trinajstić information content (AvgIpc) is 2.77. The number of thiol groups is 1. The summed E-state index contributed by atoms with van der Waals surface area (Å²) in [5.41, 5.74) is 1.28. The first-order valence-corrected chi connectivity index (χ1v) is 7.06. The molecular formula is C14H20N2OS. The Bertz CT molecular complexity index is 383. The van der Waals surface area contributed by atoms with Crippen LogP contribution in [0, 0.1) is 5.92 Å². The van der Waals surface area contributed by atoms with Gasteiger partial charge in [-0.05, 0) is 17.2 Å². The number of hydrogen-bond donors (Lipinski definition) is 2. The predicted octanol–water partition coefficient (Wildman–Crippen LogP) is 1.55. The average molecular weight is 264 g/mol. The Hall–Kier alpha value is -1.00. The molecule has 2 rings (SSSR count). The van der Waals surface area contributed by atoms with Gasteiger partial charge in [0.1, 0.15) is 0 Å². The number of benzene rings is 1. The lowest BCUT2D eigenvalue weighted by atomic mass is 10.1. The molecule has 0 aromatic heterocycles. The first-order chi connectivity index (χ1) is 8.79. The largest absolute Gasteiger partial charge is 0.341 e. The van der Waals surface area contributed by atoms with Crippen LogP contribution in [0.1, 0.15) is 12.0 Å². The molecule has 1 aromatic carbocycles. The van der Waals surface area contributed by atoms with E-state index in [1.165, 1.54) is 5.56 Å². The van der Waals surface area contributed by atoms with Crippen LogP contribution in [0.4, 0.5) is 0 Å². The van der Waals surface area contributed by atoms with Crippen molar-refractivity contribution in [2.24, 2.45) is 5.92 Å². The zero-order chi connectivity index (χ0) is 12.8. The summed E-state index contributed by atoms with van der Waals surface area (Å²) in [5.74, 6) is 1.52. The molecule has 0 aliphatic carbocycles. The molecule has 0 saturated carbocycles. The second-order valence-corrected chi connectivity index (χ2v) is 5.12. The number of hydrogen-bond acceptors (Lipinski definition) is 3. The van der Waals surface area contributed by atoms with Crippen molar-refractivity contribution in [3.05, 3.63) is 35.9 Å². The van der Waals surface area contributed by atoms with Crippen LogP contribution in [0.2, 0.25) is 0 Å². The fourth-order valence-corrected chi connectivity index (χ4v) is 2.48. The molecule has 1 saturated heterocycles. The molecular weight excluding hydrogens is 244 g/mol. The third-order valence-corrected chi connectivity index (χ3v) is 3.80. The van der Waals surface area contributed by atoms with Crippen LogP contribution in [-0.4, -0.2) is 36.2 Å². The van der Waals surface area contributed by atoms with E-state index in [0.29, 0.717) is 12.3 Å². The topological polar surface area (TPSA) is 32.3 Å². The molecule has 98 valence electrons. The summed E-state index contributed by atoms with van der Waals surface area (Å²) < 4.78 is 0. The van der Waals surface area contributed by atoms with E-state index in [1.54, 1.807) is 0 Å². The second-order valence-electron chi connectivity index (χ2n) is 4.75. The van der Waals surface area contributed by atoms with E-state index >= 15 is 0 Å². The predicted molar refractivity (Wildman–Crippen MR) is 76.7 cm³/mol. The smallest absolute Gasteiger partial charge is 0.222 e. The zero-order valence-electron chi connectivity index (χ0n) is 10.5. The monoisotopic (exact) mass is 264 g/mol. The number of nitrogens with one attached hydrogen (secondary N) is 1. The number of likely N-dealkylation sites (tertiary alicyclic amines) is 1. The van der Waals surface area contributed by atoms with Crippen LogP contribution < -0.4 is 5.32 Å². The van der Waals surface area contributed by atoms with Gasteiger partial charge in [-0.1, -0.05) is 30.3 Å². The van der Waals surface area contributed by atoms with Crippen molar-refractivity contribution < 1.29 is 4.79 Å². The Balaban J connectivity index is 1.65. The van der Waals surface area contributed by atoms with Gasteiger partial charge in [0, 0.05) is 32.6 Å². The van der Waals surface area contributed by atoms with Gasteiger partial charge in [0.15, 0.2) is 0 Å². The SMILES string of the molecule is O=C1CC(CS)CN1CCNCc1ccccc1. The molecule has 0 radical (unpaired) electrons. The molecule has 0 spiro atoms. The summed E-state index contributed by atoms with van der Waals surface area (Å²) in [6, 6.07) is 10.3. The fraction of sp³-hybridized carbons (Fsp3) is 0.500. The molecule has 1 N–H and O–H groups in total. The number of amides is 1. The normalized spacial score (nSPS) is 19.5. The molecule has 1 fully saturated rings. The molecule has 0 bridgehead atoms. The van der Waals surface area contributed by atoms with Gasteiger partial charge < -0.3 is 10.2 Å². The molecule has 3 nitrogen and oxygen atoms in total. The van der Waals surface area contributed by atoms with Crippen molar-refractivity contribution in [3.8, 4) is 0 Å². The van der Waals surface area contributed by atoms with Crippen molar-refractivity contribution in [1.29, 1.82) is 0 Å². The third kappa shape index (κ3) is 3.75. The van der Waals surface area contributed by atoms with E-state index in [1.807, 2.05) is 23.1 Å². The molecule has 1 aliphatic heterocycles. The quantitative estimate of drug-likeness (QED) is 0.603. The molecule has 1 amide bonds. The summed E-state index contributed by atoms with van der Waals surface area (Å²) >= 11 is 4.26. The van der Waals surface area contributed by atoms with Crippen LogP contribution in [-0.2, 0) is 11.3 Å². The number of carbonyl (C=O) groups is 1. The van der Waals surface area contributed by atoms with Crippen molar-refractivity contribution in [2.45, 2.75) is 13.0 Å². The highest BCUT2D eigenvalue weighted by atomic mass is 32.1. The van der Waals surface area contributed by atoms with Gasteiger partial charge in [-0.15, -0.1) is 0 Å². The van der Waals surface area contributed by atoms with E-state index in [-0.39, 0.29) is 5.91 Å². The second kappa shape index (κ2) is 6.81. The zero-order valence-corrected chi connectivity index (χ0v) is 11.4. The van der Waals surface area contributed by atoms with Gasteiger partial charge in [-0.3, -0.25) is 4.79 Å². The minimum atomic E-state index is 0.274. The summed E-state index contributed by atoms with van der Waals surface area (Å²) in [4.78, 5) is 13.6. The molecule has 1 heterocycles. The third-order valence-electron chi connectivity index (χ3n) is 3.28. The van der Waals surface area contributed by atoms with Crippen molar-refractivity contribution in [1.82, 2.24) is 10.2 Å². The maximum Gasteiger partial charge on any atom is 0.222 e. The number of carbonyl (C=O) groups excluding carboxylic acids is 1. The van der Waals surface area contributed by atoms with Gasteiger partial charge in [-0.25, -0.2) is 0 Å². The summed E-state index contributed by atoms with van der Waals surface area (Å²) in [6.07, 6.45) is 0.669. The summed E-state index contributed by atoms with van der Waals surface area (Å²) in [6.45, 7) is 3.38. The van der Waals surface area contributed by atoms with Crippen LogP contribution >= 0.6 is 12.6 Å². The van der Waals surface area contributed by atoms with Crippen molar-refractivity contribution in [2.75, 3.05) is 25.4 Å². The number of nitrogens with zero attached hydrogens (tertiary/aromatic N) is 1. The Labute approximate surface area is 114 Å². The van der Waals surface area contributed by atoms with Gasteiger partial charge in [0.05, 0.1) is 0 Å². The molecule has 1 aliphatic rings. The van der Waals surface area contributed by atoms with Gasteiger partial charge in [0.25, 0.3) is 0 Å². The Morgan fingerprint density at radius 1 is 1.33 bits per heavy atom. The molecule has 1 atom stereocenters. The lowest BCUT2D eigenvalue weighted by molar-refractivity contribution is -0.127. The highest BCUT2D eigenvalue weighted by molar-refractivity contribution is 7.80. The molecule has 18 heavy (non-hydrogen) atoms. The van der Waals surface area contributed by atoms with Crippen LogP contribution in [0.25, 0.3) is 0 Å². The van der Waals surface area contributed by atoms with E-state index < -0.39 is 0 Å². The standard InChI is InChI=1S/C14H20N2OS/c17-14-8-13(11-18)10-16(14)7-6-15-9-12-4-2-1-3-5-12/h1-5,13,15,18H,6-11H2.